The van der Waals surface area contributed by atoms with E-state index in [9.17, 15) is 0 Å². The van der Waals surface area contributed by atoms with Gasteiger partial charge in [0.2, 0.25) is 0 Å². The summed E-state index contributed by atoms with van der Waals surface area (Å²) in [6.45, 7) is 15.5. The summed E-state index contributed by atoms with van der Waals surface area (Å²) >= 11 is 0. The van der Waals surface area contributed by atoms with Crippen molar-refractivity contribution in [1.82, 2.24) is 5.32 Å². The van der Waals surface area contributed by atoms with Crippen molar-refractivity contribution in [1.29, 1.82) is 0 Å². The van der Waals surface area contributed by atoms with E-state index in [2.05, 4.69) is 31.6 Å². The molecule has 1 saturated heterocycles. The highest BCUT2D eigenvalue weighted by Gasteiger charge is 2.41. The van der Waals surface area contributed by atoms with Crippen LogP contribution in [-0.2, 0) is 0 Å². The van der Waals surface area contributed by atoms with Gasteiger partial charge in [-0.15, -0.1) is 26.3 Å². The van der Waals surface area contributed by atoms with Gasteiger partial charge in [-0.2, -0.15) is 0 Å². The highest BCUT2D eigenvalue weighted by Crippen LogP contribution is 2.34. The summed E-state index contributed by atoms with van der Waals surface area (Å²) in [5.74, 6) is 0.429. The van der Waals surface area contributed by atoms with Crippen LogP contribution in [0.3, 0.4) is 0 Å². The molecule has 0 aromatic heterocycles. The maximum Gasteiger partial charge on any atom is 0.0267 e. The van der Waals surface area contributed by atoms with Gasteiger partial charge >= 0.3 is 0 Å². The minimum Gasteiger partial charge on any atom is -0.327 e. The SMILES string of the molecule is C=CCC1NC(CC=C)(CC=C)CC(N)C1CC=C. The van der Waals surface area contributed by atoms with Crippen LogP contribution in [0.15, 0.2) is 50.6 Å². The Morgan fingerprint density at radius 2 is 1.58 bits per heavy atom. The molecule has 1 aliphatic heterocycles. The van der Waals surface area contributed by atoms with Crippen LogP contribution in [0.25, 0.3) is 0 Å². The Balaban J connectivity index is 2.94. The number of nitrogens with one attached hydrogen (secondary N) is 1. The van der Waals surface area contributed by atoms with E-state index < -0.39 is 0 Å². The minimum atomic E-state index is 0.00820. The van der Waals surface area contributed by atoms with Gasteiger partial charge in [0.25, 0.3) is 0 Å². The Bertz CT molecular complexity index is 322. The molecule has 2 heteroatoms. The number of hydrogen-bond donors (Lipinski definition) is 2. The standard InChI is InChI=1S/C17H28N2/c1-5-9-14-15(18)13-17(11-7-3,12-8-4)19-16(14)10-6-2/h5-8,14-16,19H,1-4,9-13,18H2. The van der Waals surface area contributed by atoms with E-state index in [0.717, 1.165) is 32.1 Å². The first-order valence-electron chi connectivity index (χ1n) is 7.09. The van der Waals surface area contributed by atoms with E-state index in [-0.39, 0.29) is 11.6 Å². The molecule has 3 N–H and O–H groups in total. The quantitative estimate of drug-likeness (QED) is 0.657. The minimum absolute atomic E-state index is 0.00820. The highest BCUT2D eigenvalue weighted by atomic mass is 15.0. The number of rotatable bonds is 8. The molecule has 19 heavy (non-hydrogen) atoms. The molecule has 1 fully saturated rings. The normalized spacial score (nSPS) is 29.4. The van der Waals surface area contributed by atoms with Crippen molar-refractivity contribution < 1.29 is 0 Å². The molecular formula is C17H28N2. The lowest BCUT2D eigenvalue weighted by molar-refractivity contribution is 0.129. The molecule has 0 radical (unpaired) electrons. The van der Waals surface area contributed by atoms with Crippen LogP contribution in [-0.4, -0.2) is 17.6 Å². The molecule has 0 aliphatic carbocycles. The van der Waals surface area contributed by atoms with Crippen molar-refractivity contribution >= 4 is 0 Å². The number of hydrogen-bond acceptors (Lipinski definition) is 2. The van der Waals surface area contributed by atoms with Crippen LogP contribution in [0.1, 0.15) is 32.1 Å². The van der Waals surface area contributed by atoms with Crippen molar-refractivity contribution in [2.45, 2.75) is 49.7 Å². The summed E-state index contributed by atoms with van der Waals surface area (Å²) in [7, 11) is 0. The fourth-order valence-electron chi connectivity index (χ4n) is 3.33. The van der Waals surface area contributed by atoms with Gasteiger partial charge in [0.1, 0.15) is 0 Å². The molecule has 3 atom stereocenters. The monoisotopic (exact) mass is 260 g/mol. The Hall–Kier alpha value is -1.12. The summed E-state index contributed by atoms with van der Waals surface area (Å²) < 4.78 is 0. The van der Waals surface area contributed by atoms with Crippen molar-refractivity contribution in [3.8, 4) is 0 Å². The van der Waals surface area contributed by atoms with Crippen LogP contribution < -0.4 is 11.1 Å². The topological polar surface area (TPSA) is 38.0 Å². The summed E-state index contributed by atoms with van der Waals surface area (Å²) in [5.41, 5.74) is 6.44. The maximum atomic E-state index is 6.43. The Labute approximate surface area is 118 Å². The van der Waals surface area contributed by atoms with Crippen LogP contribution in [0.5, 0.6) is 0 Å². The van der Waals surface area contributed by atoms with Gasteiger partial charge in [-0.25, -0.2) is 0 Å². The lowest BCUT2D eigenvalue weighted by Crippen LogP contribution is -2.63. The van der Waals surface area contributed by atoms with E-state index in [0.29, 0.717) is 12.0 Å². The predicted molar refractivity (Wildman–Crippen MR) is 85.0 cm³/mol. The largest absolute Gasteiger partial charge is 0.327 e. The molecule has 1 aliphatic rings. The van der Waals surface area contributed by atoms with Crippen molar-refractivity contribution in [3.05, 3.63) is 50.6 Å². The third-order valence-electron chi connectivity index (χ3n) is 4.11. The van der Waals surface area contributed by atoms with Crippen molar-refractivity contribution in [2.24, 2.45) is 11.7 Å². The predicted octanol–water partition coefficient (Wildman–Crippen LogP) is 3.34. The van der Waals surface area contributed by atoms with Gasteiger partial charge in [-0.1, -0.05) is 24.3 Å². The smallest absolute Gasteiger partial charge is 0.0267 e. The molecule has 0 aromatic carbocycles. The van der Waals surface area contributed by atoms with Crippen LogP contribution in [0.2, 0.25) is 0 Å². The van der Waals surface area contributed by atoms with Crippen LogP contribution >= 0.6 is 0 Å². The number of nitrogens with two attached hydrogens (primary N) is 1. The maximum absolute atomic E-state index is 6.43. The Morgan fingerprint density at radius 3 is 2.05 bits per heavy atom. The third-order valence-corrected chi connectivity index (χ3v) is 4.11. The zero-order valence-electron chi connectivity index (χ0n) is 12.0. The van der Waals surface area contributed by atoms with E-state index in [4.69, 9.17) is 5.73 Å². The number of piperidine rings is 1. The first-order valence-corrected chi connectivity index (χ1v) is 7.09. The summed E-state index contributed by atoms with van der Waals surface area (Å²) in [4.78, 5) is 0. The number of allylic oxidation sites excluding steroid dienone is 1. The first-order chi connectivity index (χ1) is 9.12. The molecule has 3 unspecified atom stereocenters. The molecule has 0 aromatic rings. The molecule has 106 valence electrons. The second-order valence-corrected chi connectivity index (χ2v) is 5.60. The van der Waals surface area contributed by atoms with Crippen molar-refractivity contribution in [3.63, 3.8) is 0 Å². The van der Waals surface area contributed by atoms with Gasteiger partial charge in [0.15, 0.2) is 0 Å². The molecule has 0 amide bonds. The Kier molecular flexibility index (Phi) is 6.26. The second-order valence-electron chi connectivity index (χ2n) is 5.60. The van der Waals surface area contributed by atoms with Crippen LogP contribution in [0.4, 0.5) is 0 Å². The fourth-order valence-corrected chi connectivity index (χ4v) is 3.33. The molecular weight excluding hydrogens is 232 g/mol. The lowest BCUT2D eigenvalue weighted by Gasteiger charge is -2.48. The van der Waals surface area contributed by atoms with Gasteiger partial charge in [0.05, 0.1) is 0 Å². The van der Waals surface area contributed by atoms with Gasteiger partial charge in [-0.05, 0) is 38.0 Å². The molecule has 0 saturated carbocycles. The molecule has 0 bridgehead atoms. The average molecular weight is 260 g/mol. The fraction of sp³-hybridized carbons (Fsp3) is 0.529. The van der Waals surface area contributed by atoms with Crippen LogP contribution in [0, 0.1) is 5.92 Å². The molecule has 1 heterocycles. The zero-order valence-corrected chi connectivity index (χ0v) is 12.0. The van der Waals surface area contributed by atoms with Gasteiger partial charge in [-0.3, -0.25) is 0 Å². The molecule has 2 nitrogen and oxygen atoms in total. The van der Waals surface area contributed by atoms with E-state index >= 15 is 0 Å². The molecule has 1 rings (SSSR count). The third kappa shape index (κ3) is 3.92. The lowest BCUT2D eigenvalue weighted by atomic mass is 9.72. The molecule has 0 spiro atoms. The summed E-state index contributed by atoms with van der Waals surface area (Å²) in [6, 6.07) is 0.545. The first kappa shape index (κ1) is 15.9. The van der Waals surface area contributed by atoms with Gasteiger partial charge in [0, 0.05) is 17.6 Å². The van der Waals surface area contributed by atoms with E-state index in [1.54, 1.807) is 0 Å². The highest BCUT2D eigenvalue weighted by molar-refractivity contribution is 5.09. The zero-order chi connectivity index (χ0) is 14.3. The summed E-state index contributed by atoms with van der Waals surface area (Å²) in [6.07, 6.45) is 12.6. The van der Waals surface area contributed by atoms with E-state index in [1.165, 1.54) is 0 Å². The average Bonchev–Trinajstić information content (AvgIpc) is 2.35. The summed E-state index contributed by atoms with van der Waals surface area (Å²) in [5, 5.41) is 3.79. The van der Waals surface area contributed by atoms with Crippen molar-refractivity contribution in [2.75, 3.05) is 0 Å². The second kappa shape index (κ2) is 7.46. The van der Waals surface area contributed by atoms with Gasteiger partial charge < -0.3 is 11.1 Å². The van der Waals surface area contributed by atoms with E-state index in [1.807, 2.05) is 24.3 Å². The Morgan fingerprint density at radius 1 is 1.00 bits per heavy atom.